The maximum absolute atomic E-state index is 14.0. The number of nitrogens with one attached hydrogen (secondary N) is 2. The number of benzene rings is 1. The van der Waals surface area contributed by atoms with Gasteiger partial charge in [-0.25, -0.2) is 9.38 Å². The van der Waals surface area contributed by atoms with Gasteiger partial charge >= 0.3 is 0 Å². The van der Waals surface area contributed by atoms with E-state index in [9.17, 15) is 4.39 Å². The normalized spacial score (nSPS) is 11.1. The molecule has 1 heterocycles. The molecular formula is C20H30FIN4O2. The first kappa shape index (κ1) is 24.2. The Hall–Kier alpha value is -1.84. The lowest BCUT2D eigenvalue weighted by Crippen LogP contribution is -2.37. The van der Waals surface area contributed by atoms with Gasteiger partial charge in [-0.05, 0) is 38.0 Å². The van der Waals surface area contributed by atoms with Crippen LogP contribution in [0, 0.1) is 5.82 Å². The number of nitrogens with zero attached hydrogens (tertiary/aromatic N) is 2. The summed E-state index contributed by atoms with van der Waals surface area (Å²) in [5, 5.41) is 10.6. The van der Waals surface area contributed by atoms with Gasteiger partial charge in [0.2, 0.25) is 0 Å². The molecule has 0 aliphatic carbocycles. The van der Waals surface area contributed by atoms with E-state index in [0.29, 0.717) is 25.7 Å². The lowest BCUT2D eigenvalue weighted by molar-refractivity contribution is 0.321. The van der Waals surface area contributed by atoms with Crippen LogP contribution >= 0.6 is 24.0 Å². The number of halogens is 2. The quantitative estimate of drug-likeness (QED) is 0.304. The Kier molecular flexibility index (Phi) is 10.9. The van der Waals surface area contributed by atoms with E-state index in [1.807, 2.05) is 26.8 Å². The van der Waals surface area contributed by atoms with Gasteiger partial charge in [0.15, 0.2) is 17.5 Å². The molecule has 2 N–H and O–H groups in total. The van der Waals surface area contributed by atoms with Crippen molar-refractivity contribution in [2.75, 3.05) is 13.2 Å². The molecule has 8 heteroatoms. The Morgan fingerprint density at radius 1 is 1.18 bits per heavy atom. The van der Waals surface area contributed by atoms with Crippen LogP contribution in [0.5, 0.6) is 5.75 Å². The number of hydrogen-bond acceptors (Lipinski definition) is 4. The summed E-state index contributed by atoms with van der Waals surface area (Å²) in [4.78, 5) is 4.55. The summed E-state index contributed by atoms with van der Waals surface area (Å²) in [5.41, 5.74) is 2.82. The van der Waals surface area contributed by atoms with E-state index in [1.54, 1.807) is 6.07 Å². The largest absolute Gasteiger partial charge is 0.491 e. The molecule has 0 spiro atoms. The van der Waals surface area contributed by atoms with Gasteiger partial charge in [0.05, 0.1) is 18.8 Å². The minimum Gasteiger partial charge on any atom is -0.491 e. The number of ether oxygens (including phenoxy) is 1. The Labute approximate surface area is 183 Å². The fraction of sp³-hybridized carbons (Fsp3) is 0.500. The lowest BCUT2D eigenvalue weighted by Gasteiger charge is -2.12. The summed E-state index contributed by atoms with van der Waals surface area (Å²) in [7, 11) is 0. The van der Waals surface area contributed by atoms with Crippen molar-refractivity contribution < 1.29 is 13.7 Å². The maximum Gasteiger partial charge on any atom is 0.191 e. The zero-order chi connectivity index (χ0) is 19.6. The third-order valence-corrected chi connectivity index (χ3v) is 4.10. The van der Waals surface area contributed by atoms with E-state index in [1.165, 1.54) is 6.07 Å². The first-order valence-electron chi connectivity index (χ1n) is 9.52. The zero-order valence-electron chi connectivity index (χ0n) is 17.0. The summed E-state index contributed by atoms with van der Waals surface area (Å²) in [6.07, 6.45) is 1.61. The highest BCUT2D eigenvalue weighted by Gasteiger charge is 2.13. The highest BCUT2D eigenvalue weighted by Crippen LogP contribution is 2.19. The van der Waals surface area contributed by atoms with Crippen molar-refractivity contribution in [3.63, 3.8) is 0 Å². The molecule has 0 saturated heterocycles. The molecule has 1 aromatic carbocycles. The zero-order valence-corrected chi connectivity index (χ0v) is 19.3. The minimum atomic E-state index is -0.368. The van der Waals surface area contributed by atoms with Crippen LogP contribution in [0.15, 0.2) is 27.7 Å². The monoisotopic (exact) mass is 504 g/mol. The predicted molar refractivity (Wildman–Crippen MR) is 120 cm³/mol. The highest BCUT2D eigenvalue weighted by atomic mass is 127. The Morgan fingerprint density at radius 2 is 1.96 bits per heavy atom. The molecule has 0 atom stereocenters. The average Bonchev–Trinajstić information content (AvgIpc) is 3.08. The SMILES string of the molecule is CCNC(=NCc1ccc(OCC)c(F)c1)NCc1c(CC)noc1CC.I. The summed E-state index contributed by atoms with van der Waals surface area (Å²) in [6.45, 7) is 10.0. The van der Waals surface area contributed by atoms with Gasteiger partial charge in [-0.15, -0.1) is 24.0 Å². The van der Waals surface area contributed by atoms with E-state index in [4.69, 9.17) is 9.26 Å². The minimum absolute atomic E-state index is 0. The van der Waals surface area contributed by atoms with E-state index in [-0.39, 0.29) is 35.5 Å². The van der Waals surface area contributed by atoms with Crippen LogP contribution in [0.25, 0.3) is 0 Å². The van der Waals surface area contributed by atoms with Crippen LogP contribution in [-0.2, 0) is 25.9 Å². The van der Waals surface area contributed by atoms with E-state index < -0.39 is 0 Å². The maximum atomic E-state index is 14.0. The van der Waals surface area contributed by atoms with E-state index in [0.717, 1.165) is 42.0 Å². The van der Waals surface area contributed by atoms with Crippen LogP contribution in [-0.4, -0.2) is 24.3 Å². The summed E-state index contributed by atoms with van der Waals surface area (Å²) in [5.74, 6) is 1.45. The second kappa shape index (κ2) is 12.6. The summed E-state index contributed by atoms with van der Waals surface area (Å²) >= 11 is 0. The van der Waals surface area contributed by atoms with Gasteiger partial charge in [-0.3, -0.25) is 0 Å². The van der Waals surface area contributed by atoms with Gasteiger partial charge in [0.1, 0.15) is 5.76 Å². The van der Waals surface area contributed by atoms with Crippen LogP contribution < -0.4 is 15.4 Å². The van der Waals surface area contributed by atoms with E-state index in [2.05, 4.69) is 27.7 Å². The number of hydrogen-bond donors (Lipinski definition) is 2. The standard InChI is InChI=1S/C20H29FN4O2.HI/c1-5-17-15(18(6-2)27-25-17)13-24-20(22-7-3)23-12-14-9-10-19(26-8-4)16(21)11-14;/h9-11H,5-8,12-13H2,1-4H3,(H2,22,23,24);1H. The smallest absolute Gasteiger partial charge is 0.191 e. The lowest BCUT2D eigenvalue weighted by atomic mass is 10.1. The fourth-order valence-electron chi connectivity index (χ4n) is 2.74. The van der Waals surface area contributed by atoms with Crippen molar-refractivity contribution in [3.05, 3.63) is 46.6 Å². The molecule has 1 aromatic heterocycles. The molecule has 2 rings (SSSR count). The number of aromatic nitrogens is 1. The Morgan fingerprint density at radius 3 is 2.57 bits per heavy atom. The molecule has 0 fully saturated rings. The molecule has 0 amide bonds. The number of guanidine groups is 1. The molecular weight excluding hydrogens is 474 g/mol. The number of aryl methyl sites for hydroxylation is 2. The van der Waals surface area contributed by atoms with Gasteiger partial charge < -0.3 is 19.9 Å². The average molecular weight is 504 g/mol. The molecule has 0 aliphatic heterocycles. The van der Waals surface area contributed by atoms with Crippen LogP contribution in [0.1, 0.15) is 50.3 Å². The highest BCUT2D eigenvalue weighted by molar-refractivity contribution is 14.0. The number of rotatable bonds is 9. The van der Waals surface area contributed by atoms with Crippen LogP contribution in [0.2, 0.25) is 0 Å². The molecule has 2 aromatic rings. The third-order valence-electron chi connectivity index (χ3n) is 4.10. The number of aliphatic imine (C=N–C) groups is 1. The summed E-state index contributed by atoms with van der Waals surface area (Å²) in [6, 6.07) is 4.93. The van der Waals surface area contributed by atoms with Crippen LogP contribution in [0.4, 0.5) is 4.39 Å². The van der Waals surface area contributed by atoms with Crippen molar-refractivity contribution in [2.24, 2.45) is 4.99 Å². The first-order chi connectivity index (χ1) is 13.1. The molecule has 0 bridgehead atoms. The van der Waals surface area contributed by atoms with Gasteiger partial charge in [0, 0.05) is 25.1 Å². The van der Waals surface area contributed by atoms with Crippen molar-refractivity contribution in [2.45, 2.75) is 53.6 Å². The van der Waals surface area contributed by atoms with Gasteiger partial charge in [0.25, 0.3) is 0 Å². The molecule has 0 radical (unpaired) electrons. The van der Waals surface area contributed by atoms with Gasteiger partial charge in [-0.1, -0.05) is 25.1 Å². The second-order valence-electron chi connectivity index (χ2n) is 5.98. The van der Waals surface area contributed by atoms with Crippen molar-refractivity contribution in [1.29, 1.82) is 0 Å². The second-order valence-corrected chi connectivity index (χ2v) is 5.98. The van der Waals surface area contributed by atoms with E-state index >= 15 is 0 Å². The third kappa shape index (κ3) is 6.65. The topological polar surface area (TPSA) is 71.7 Å². The fourth-order valence-corrected chi connectivity index (χ4v) is 2.74. The molecule has 0 aliphatic rings. The van der Waals surface area contributed by atoms with Crippen LogP contribution in [0.3, 0.4) is 0 Å². The first-order valence-corrected chi connectivity index (χ1v) is 9.52. The Balaban J connectivity index is 0.00000392. The molecule has 6 nitrogen and oxygen atoms in total. The van der Waals surface area contributed by atoms with Gasteiger partial charge in [-0.2, -0.15) is 0 Å². The molecule has 0 unspecified atom stereocenters. The molecule has 0 saturated carbocycles. The molecule has 28 heavy (non-hydrogen) atoms. The van der Waals surface area contributed by atoms with Crippen molar-refractivity contribution >= 4 is 29.9 Å². The predicted octanol–water partition coefficient (Wildman–Crippen LogP) is 4.21. The molecule has 156 valence electrons. The summed E-state index contributed by atoms with van der Waals surface area (Å²) < 4.78 is 24.6. The van der Waals surface area contributed by atoms with Crippen molar-refractivity contribution in [1.82, 2.24) is 15.8 Å². The Bertz CT molecular complexity index is 743. The van der Waals surface area contributed by atoms with Crippen molar-refractivity contribution in [3.8, 4) is 5.75 Å².